The predicted octanol–water partition coefficient (Wildman–Crippen LogP) is 9.12. The summed E-state index contributed by atoms with van der Waals surface area (Å²) in [5.41, 5.74) is 12.8. The van der Waals surface area contributed by atoms with Crippen LogP contribution in [-0.2, 0) is 45.1 Å². The molecule has 0 saturated carbocycles. The predicted molar refractivity (Wildman–Crippen MR) is 142 cm³/mol. The molecule has 0 heterocycles. The van der Waals surface area contributed by atoms with Gasteiger partial charge in [0.2, 0.25) is 0 Å². The van der Waals surface area contributed by atoms with E-state index in [2.05, 4.69) is 93.5 Å². The minimum absolute atomic E-state index is 0. The van der Waals surface area contributed by atoms with E-state index in [4.69, 9.17) is 0 Å². The standard InChI is InChI=1S/C19H25.C10H15.2CH3.Hf/c1-18(2,3)10-14-7-6-13-8-15-11-19(4,5)12-16(15)9-17(13)14;1-6-7(2)9(4)10(5)8(6)3;;;/h6-9H,10-12H2,1-5H3;1-5H3;2*1H3;/q4*-1;+4. The molecule has 0 amide bonds. The fourth-order valence-corrected chi connectivity index (χ4v) is 4.96. The Kier molecular flexibility index (Phi) is 10.7. The summed E-state index contributed by atoms with van der Waals surface area (Å²) in [6.07, 6.45) is 3.63. The van der Waals surface area contributed by atoms with E-state index in [1.165, 1.54) is 63.4 Å². The first-order valence-electron chi connectivity index (χ1n) is 11.2. The minimum atomic E-state index is 0. The number of fused-ring (bicyclic) bond motifs is 2. The van der Waals surface area contributed by atoms with Gasteiger partial charge in [-0.1, -0.05) is 86.8 Å². The fourth-order valence-electron chi connectivity index (χ4n) is 4.96. The van der Waals surface area contributed by atoms with Crippen molar-refractivity contribution in [3.63, 3.8) is 0 Å². The summed E-state index contributed by atoms with van der Waals surface area (Å²) < 4.78 is 0. The zero-order valence-electron chi connectivity index (χ0n) is 22.9. The van der Waals surface area contributed by atoms with E-state index in [9.17, 15) is 0 Å². The maximum atomic E-state index is 2.47. The van der Waals surface area contributed by atoms with Crippen molar-refractivity contribution in [1.82, 2.24) is 0 Å². The molecule has 1 aliphatic carbocycles. The van der Waals surface area contributed by atoms with Crippen LogP contribution in [0.15, 0.2) is 24.3 Å². The van der Waals surface area contributed by atoms with E-state index in [1.807, 2.05) is 0 Å². The van der Waals surface area contributed by atoms with Gasteiger partial charge in [0.1, 0.15) is 0 Å². The molecule has 4 rings (SSSR count). The van der Waals surface area contributed by atoms with Gasteiger partial charge in [-0.2, -0.15) is 33.9 Å². The average molecular weight is 597 g/mol. The Balaban J connectivity index is 0.000000642. The molecule has 0 fully saturated rings. The van der Waals surface area contributed by atoms with Gasteiger partial charge in [0, 0.05) is 0 Å². The van der Waals surface area contributed by atoms with Crippen molar-refractivity contribution in [2.75, 3.05) is 0 Å². The first-order chi connectivity index (χ1) is 13.3. The molecule has 174 valence electrons. The van der Waals surface area contributed by atoms with Gasteiger partial charge in [0.25, 0.3) is 0 Å². The van der Waals surface area contributed by atoms with E-state index in [-0.39, 0.29) is 40.7 Å². The fraction of sp³-hybridized carbons (Fsp3) is 0.484. The van der Waals surface area contributed by atoms with Gasteiger partial charge in [0.05, 0.1) is 0 Å². The molecule has 0 radical (unpaired) electrons. The minimum Gasteiger partial charge on any atom is -0.358 e. The van der Waals surface area contributed by atoms with E-state index in [0.717, 1.165) is 0 Å². The third kappa shape index (κ3) is 6.56. The van der Waals surface area contributed by atoms with Crippen LogP contribution in [0.4, 0.5) is 0 Å². The van der Waals surface area contributed by atoms with E-state index in [0.29, 0.717) is 10.8 Å². The van der Waals surface area contributed by atoms with E-state index >= 15 is 0 Å². The molecule has 32 heavy (non-hydrogen) atoms. The monoisotopic (exact) mass is 598 g/mol. The molecule has 0 N–H and O–H groups in total. The van der Waals surface area contributed by atoms with Crippen LogP contribution < -0.4 is 0 Å². The molecular formula is C31H46Hf. The van der Waals surface area contributed by atoms with Crippen molar-refractivity contribution in [2.24, 2.45) is 10.8 Å². The van der Waals surface area contributed by atoms with E-state index < -0.39 is 0 Å². The molecule has 3 aromatic rings. The van der Waals surface area contributed by atoms with Gasteiger partial charge in [-0.15, -0.1) is 34.5 Å². The summed E-state index contributed by atoms with van der Waals surface area (Å²) in [6.45, 7) is 22.7. The van der Waals surface area contributed by atoms with Crippen LogP contribution in [0, 0.1) is 60.3 Å². The van der Waals surface area contributed by atoms with Crippen molar-refractivity contribution in [3.8, 4) is 0 Å². The van der Waals surface area contributed by atoms with Gasteiger partial charge >= 0.3 is 25.8 Å². The van der Waals surface area contributed by atoms with Gasteiger partial charge in [-0.05, 0) is 23.7 Å². The summed E-state index contributed by atoms with van der Waals surface area (Å²) >= 11 is 0. The summed E-state index contributed by atoms with van der Waals surface area (Å²) in [6, 6.07) is 9.55. The van der Waals surface area contributed by atoms with Gasteiger partial charge in [-0.25, -0.2) is 0 Å². The number of hydrogen-bond acceptors (Lipinski definition) is 0. The smallest absolute Gasteiger partial charge is 0.358 e. The largest absolute Gasteiger partial charge is 4.00 e. The Hall–Kier alpha value is -0.950. The SMILES string of the molecule is CC(C)(C)C[c-]1ccc2cc3c(cc21)CC(C)(C)C3.Cc1c(C)c(C)[c-](C)c1C.[CH3-].[CH3-].[Hf+4]. The number of rotatable bonds is 1. The molecule has 1 aliphatic rings. The molecule has 0 aliphatic heterocycles. The third-order valence-electron chi connectivity index (χ3n) is 7.05. The molecule has 0 saturated heterocycles. The second kappa shape index (κ2) is 11.0. The Morgan fingerprint density at radius 3 is 1.75 bits per heavy atom. The van der Waals surface area contributed by atoms with Crippen molar-refractivity contribution >= 4 is 10.8 Å². The summed E-state index contributed by atoms with van der Waals surface area (Å²) in [5, 5.41) is 2.93. The molecule has 0 bridgehead atoms. The quantitative estimate of drug-likeness (QED) is 0.194. The van der Waals surface area contributed by atoms with Crippen molar-refractivity contribution in [3.05, 3.63) is 83.6 Å². The van der Waals surface area contributed by atoms with Crippen molar-refractivity contribution in [1.29, 1.82) is 0 Å². The van der Waals surface area contributed by atoms with Crippen LogP contribution in [0.1, 0.15) is 79.1 Å². The molecule has 0 aromatic heterocycles. The molecule has 0 nitrogen and oxygen atoms in total. The second-order valence-corrected chi connectivity index (χ2v) is 11.4. The molecule has 0 atom stereocenters. The number of hydrogen-bond donors (Lipinski definition) is 0. The van der Waals surface area contributed by atoms with E-state index in [1.54, 1.807) is 11.1 Å². The molecular weight excluding hydrogens is 551 g/mol. The maximum Gasteiger partial charge on any atom is 4.00 e. The van der Waals surface area contributed by atoms with Crippen LogP contribution in [0.5, 0.6) is 0 Å². The van der Waals surface area contributed by atoms with Gasteiger partial charge in [0.15, 0.2) is 0 Å². The summed E-state index contributed by atoms with van der Waals surface area (Å²) in [7, 11) is 0. The average Bonchev–Trinajstić information content (AvgIpc) is 3.17. The Labute approximate surface area is 218 Å². The number of benzene rings is 1. The maximum absolute atomic E-state index is 2.47. The topological polar surface area (TPSA) is 0 Å². The second-order valence-electron chi connectivity index (χ2n) is 11.4. The first-order valence-corrected chi connectivity index (χ1v) is 11.2. The zero-order chi connectivity index (χ0) is 21.7. The van der Waals surface area contributed by atoms with Crippen molar-refractivity contribution < 1.29 is 25.8 Å². The first kappa shape index (κ1) is 31.1. The Morgan fingerprint density at radius 1 is 0.875 bits per heavy atom. The molecule has 1 heteroatoms. The Morgan fingerprint density at radius 2 is 1.34 bits per heavy atom. The molecule has 3 aromatic carbocycles. The molecule has 0 unspecified atom stereocenters. The van der Waals surface area contributed by atoms with Gasteiger partial charge < -0.3 is 14.9 Å². The third-order valence-corrected chi connectivity index (χ3v) is 7.05. The van der Waals surface area contributed by atoms with Crippen LogP contribution >= 0.6 is 0 Å². The van der Waals surface area contributed by atoms with Crippen LogP contribution in [0.3, 0.4) is 0 Å². The summed E-state index contributed by atoms with van der Waals surface area (Å²) in [5.74, 6) is 0. The Bertz CT molecular complexity index is 951. The summed E-state index contributed by atoms with van der Waals surface area (Å²) in [4.78, 5) is 0. The zero-order valence-corrected chi connectivity index (χ0v) is 26.5. The normalized spacial score (nSPS) is 13.9. The van der Waals surface area contributed by atoms with Crippen LogP contribution in [0.25, 0.3) is 10.8 Å². The van der Waals surface area contributed by atoms with Crippen LogP contribution in [0.2, 0.25) is 0 Å². The van der Waals surface area contributed by atoms with Gasteiger partial charge in [-0.3, -0.25) is 0 Å². The molecule has 0 spiro atoms. The van der Waals surface area contributed by atoms with Crippen molar-refractivity contribution in [2.45, 2.75) is 88.5 Å². The van der Waals surface area contributed by atoms with Crippen LogP contribution in [-0.4, -0.2) is 0 Å².